The number of hydrogen-bond acceptors (Lipinski definition) is 5. The second-order valence-corrected chi connectivity index (χ2v) is 11.4. The summed E-state index contributed by atoms with van der Waals surface area (Å²) in [5.74, 6) is 1.04. The van der Waals surface area contributed by atoms with Crippen molar-refractivity contribution in [1.29, 1.82) is 0 Å². The first-order valence-electron chi connectivity index (χ1n) is 13.0. The Morgan fingerprint density at radius 2 is 1.83 bits per heavy atom. The van der Waals surface area contributed by atoms with Crippen LogP contribution in [0.3, 0.4) is 0 Å². The molecule has 1 aliphatic carbocycles. The van der Waals surface area contributed by atoms with Crippen LogP contribution in [0, 0.1) is 0 Å². The normalized spacial score (nSPS) is 17.2. The van der Waals surface area contributed by atoms with Crippen molar-refractivity contribution in [2.75, 3.05) is 13.7 Å². The molecule has 0 atom stereocenters. The molecule has 2 aromatic rings. The number of nitrogens with zero attached hydrogens (tertiary/aromatic N) is 2. The Morgan fingerprint density at radius 3 is 2.53 bits per heavy atom. The van der Waals surface area contributed by atoms with Crippen LogP contribution >= 0.6 is 0 Å². The zero-order valence-corrected chi connectivity index (χ0v) is 22.4. The van der Waals surface area contributed by atoms with Gasteiger partial charge >= 0.3 is 0 Å². The number of ether oxygens (including phenoxy) is 1. The van der Waals surface area contributed by atoms with Crippen LogP contribution in [-0.2, 0) is 32.7 Å². The lowest BCUT2D eigenvalue weighted by Gasteiger charge is -2.23. The summed E-state index contributed by atoms with van der Waals surface area (Å²) in [7, 11) is -2.22. The lowest BCUT2D eigenvalue weighted by atomic mass is 9.96. The van der Waals surface area contributed by atoms with Gasteiger partial charge in [-0.25, -0.2) is 13.1 Å². The third-order valence-electron chi connectivity index (χ3n) is 7.19. The second-order valence-electron chi connectivity index (χ2n) is 9.59. The van der Waals surface area contributed by atoms with Gasteiger partial charge in [-0.05, 0) is 56.0 Å². The number of rotatable bonds is 11. The first-order chi connectivity index (χ1) is 17.3. The molecule has 36 heavy (non-hydrogen) atoms. The molecule has 1 heterocycles. The second kappa shape index (κ2) is 11.2. The zero-order valence-electron chi connectivity index (χ0n) is 21.5. The van der Waals surface area contributed by atoms with E-state index in [1.165, 1.54) is 7.05 Å². The third kappa shape index (κ3) is 5.26. The molecule has 2 aliphatic rings. The molecule has 7 nitrogen and oxygen atoms in total. The third-order valence-corrected chi connectivity index (χ3v) is 8.66. The van der Waals surface area contributed by atoms with Crippen LogP contribution in [0.2, 0.25) is 0 Å². The van der Waals surface area contributed by atoms with Gasteiger partial charge in [0, 0.05) is 18.6 Å². The number of nitrogens with one attached hydrogen (secondary N) is 1. The van der Waals surface area contributed by atoms with Crippen molar-refractivity contribution < 1.29 is 17.9 Å². The number of benzene rings is 2. The molecule has 1 aliphatic heterocycles. The van der Waals surface area contributed by atoms with Gasteiger partial charge in [0.15, 0.2) is 0 Å². The highest BCUT2D eigenvalue weighted by molar-refractivity contribution is 7.89. The van der Waals surface area contributed by atoms with Crippen LogP contribution in [0.25, 0.3) is 11.1 Å². The van der Waals surface area contributed by atoms with E-state index in [2.05, 4.69) is 11.6 Å². The first kappa shape index (κ1) is 26.5. The quantitative estimate of drug-likeness (QED) is 0.458. The summed E-state index contributed by atoms with van der Waals surface area (Å²) in [6.07, 6.45) is 6.63. The van der Waals surface area contributed by atoms with Crippen molar-refractivity contribution in [3.63, 3.8) is 0 Å². The van der Waals surface area contributed by atoms with E-state index in [4.69, 9.17) is 9.73 Å². The molecule has 4 rings (SSSR count). The molecule has 1 amide bonds. The highest BCUT2D eigenvalue weighted by atomic mass is 32.2. The molecule has 0 saturated heterocycles. The smallest absolute Gasteiger partial charge is 0.256 e. The number of unbranched alkanes of at least 4 members (excludes halogenated alkanes) is 1. The van der Waals surface area contributed by atoms with Gasteiger partial charge in [0.25, 0.3) is 5.91 Å². The summed E-state index contributed by atoms with van der Waals surface area (Å²) in [4.78, 5) is 20.7. The van der Waals surface area contributed by atoms with Crippen LogP contribution < -0.4 is 4.72 Å². The van der Waals surface area contributed by atoms with Crippen LogP contribution in [-0.4, -0.2) is 44.3 Å². The highest BCUT2D eigenvalue weighted by Crippen LogP contribution is 2.40. The van der Waals surface area contributed by atoms with Crippen LogP contribution in [0.4, 0.5) is 0 Å². The number of aliphatic imine (C=N–C) groups is 1. The van der Waals surface area contributed by atoms with E-state index in [1.54, 1.807) is 12.1 Å². The molecule has 194 valence electrons. The Balaban J connectivity index is 1.70. The van der Waals surface area contributed by atoms with Gasteiger partial charge in [0.2, 0.25) is 10.0 Å². The topological polar surface area (TPSA) is 88.1 Å². The largest absolute Gasteiger partial charge is 0.377 e. The van der Waals surface area contributed by atoms with Crippen molar-refractivity contribution in [3.8, 4) is 11.1 Å². The predicted octanol–water partition coefficient (Wildman–Crippen LogP) is 5.04. The van der Waals surface area contributed by atoms with Crippen molar-refractivity contribution in [3.05, 3.63) is 53.6 Å². The monoisotopic (exact) mass is 511 g/mol. The van der Waals surface area contributed by atoms with Crippen LogP contribution in [0.1, 0.15) is 69.9 Å². The molecular formula is C28H37N3O4S. The standard InChI is InChI=1S/C28H37N3O4S/c1-4-6-13-26-30-28(16-9-10-17-28)27(32)31(26)19-21-14-15-23(22(18-21)20-35-5-2)24-11-7-8-12-25(24)36(33,34)29-3/h7-8,11-12,14-15,18,29H,4-6,9-10,13,16-17,19-20H2,1-3H3. The molecule has 1 fully saturated rings. The Kier molecular flexibility index (Phi) is 8.27. The Morgan fingerprint density at radius 1 is 1.08 bits per heavy atom. The SMILES string of the molecule is CCCCC1=NC2(CCCC2)C(=O)N1Cc1ccc(-c2ccccc2S(=O)(=O)NC)c(COCC)c1. The van der Waals surface area contributed by atoms with E-state index in [-0.39, 0.29) is 10.8 Å². The van der Waals surface area contributed by atoms with E-state index in [9.17, 15) is 13.2 Å². The average molecular weight is 512 g/mol. The molecule has 0 aromatic heterocycles. The van der Waals surface area contributed by atoms with Gasteiger partial charge in [-0.15, -0.1) is 0 Å². The van der Waals surface area contributed by atoms with Gasteiger partial charge in [-0.1, -0.05) is 62.6 Å². The molecular weight excluding hydrogens is 474 g/mol. The maximum atomic E-state index is 13.6. The molecule has 1 saturated carbocycles. The molecule has 0 unspecified atom stereocenters. The summed E-state index contributed by atoms with van der Waals surface area (Å²) >= 11 is 0. The minimum Gasteiger partial charge on any atom is -0.377 e. The predicted molar refractivity (Wildman–Crippen MR) is 142 cm³/mol. The number of carbonyl (C=O) groups excluding carboxylic acids is 1. The van der Waals surface area contributed by atoms with Crippen molar-refractivity contribution in [2.24, 2.45) is 4.99 Å². The zero-order chi connectivity index (χ0) is 25.8. The first-order valence-corrected chi connectivity index (χ1v) is 14.5. The fourth-order valence-corrected chi connectivity index (χ4v) is 6.20. The van der Waals surface area contributed by atoms with Crippen LogP contribution in [0.5, 0.6) is 0 Å². The van der Waals surface area contributed by atoms with E-state index >= 15 is 0 Å². The number of amidine groups is 1. The van der Waals surface area contributed by atoms with E-state index in [0.29, 0.717) is 25.3 Å². The van der Waals surface area contributed by atoms with Crippen molar-refractivity contribution in [1.82, 2.24) is 9.62 Å². The maximum Gasteiger partial charge on any atom is 0.256 e. The summed E-state index contributed by atoms with van der Waals surface area (Å²) in [5.41, 5.74) is 2.75. The maximum absolute atomic E-state index is 13.6. The van der Waals surface area contributed by atoms with E-state index in [0.717, 1.165) is 67.5 Å². The van der Waals surface area contributed by atoms with Gasteiger partial charge in [0.05, 0.1) is 18.0 Å². The minimum atomic E-state index is -3.64. The molecule has 1 N–H and O–H groups in total. The Labute approximate surface area is 215 Å². The number of sulfonamides is 1. The number of hydrogen-bond donors (Lipinski definition) is 1. The van der Waals surface area contributed by atoms with E-state index < -0.39 is 15.6 Å². The van der Waals surface area contributed by atoms with Crippen molar-refractivity contribution in [2.45, 2.75) is 82.4 Å². The van der Waals surface area contributed by atoms with Gasteiger partial charge < -0.3 is 4.74 Å². The Bertz CT molecular complexity index is 1230. The van der Waals surface area contributed by atoms with Crippen LogP contribution in [0.15, 0.2) is 52.4 Å². The number of amides is 1. The lowest BCUT2D eigenvalue weighted by Crippen LogP contribution is -2.40. The molecule has 1 spiro atoms. The molecule has 0 bridgehead atoms. The van der Waals surface area contributed by atoms with Gasteiger partial charge in [0.1, 0.15) is 11.4 Å². The fourth-order valence-electron chi connectivity index (χ4n) is 5.25. The summed E-state index contributed by atoms with van der Waals surface area (Å²) in [6.45, 7) is 5.43. The fraction of sp³-hybridized carbons (Fsp3) is 0.500. The Hall–Kier alpha value is -2.55. The number of carbonyl (C=O) groups is 1. The lowest BCUT2D eigenvalue weighted by molar-refractivity contribution is -0.131. The summed E-state index contributed by atoms with van der Waals surface area (Å²) in [6, 6.07) is 13.0. The summed E-state index contributed by atoms with van der Waals surface area (Å²) < 4.78 is 33.6. The van der Waals surface area contributed by atoms with Crippen molar-refractivity contribution >= 4 is 21.8 Å². The molecule has 0 radical (unpaired) electrons. The molecule has 8 heteroatoms. The average Bonchev–Trinajstić information content (AvgIpc) is 3.47. The van der Waals surface area contributed by atoms with Gasteiger partial charge in [-0.2, -0.15) is 0 Å². The summed E-state index contributed by atoms with van der Waals surface area (Å²) in [5, 5.41) is 0. The van der Waals surface area contributed by atoms with Gasteiger partial charge in [-0.3, -0.25) is 14.7 Å². The highest BCUT2D eigenvalue weighted by Gasteiger charge is 2.49. The van der Waals surface area contributed by atoms with E-state index in [1.807, 2.05) is 42.2 Å². The molecule has 2 aromatic carbocycles. The minimum absolute atomic E-state index is 0.131.